The van der Waals surface area contributed by atoms with Gasteiger partial charge >= 0.3 is 7.25 Å². The van der Waals surface area contributed by atoms with Crippen molar-refractivity contribution in [2.75, 3.05) is 0 Å². The van der Waals surface area contributed by atoms with Gasteiger partial charge in [-0.2, -0.15) is 0 Å². The summed E-state index contributed by atoms with van der Waals surface area (Å²) in [7, 11) is -6.00. The molecular weight excluding hydrogens is 287 g/mol. The normalized spacial score (nSPS) is 29.3. The molecule has 0 aliphatic heterocycles. The first-order valence-corrected chi connectivity index (χ1v) is 6.82. The number of carbonyl (C=O) groups excluding carboxylic acids is 1. The summed E-state index contributed by atoms with van der Waals surface area (Å²) in [6.45, 7) is 6.67. The Morgan fingerprint density at radius 1 is 1.29 bits per heavy atom. The van der Waals surface area contributed by atoms with Crippen LogP contribution in [0.2, 0.25) is 0 Å². The molecule has 120 valence electrons. The molecule has 1 aromatic rings. The van der Waals surface area contributed by atoms with Gasteiger partial charge in [0.2, 0.25) is 0 Å². The molecule has 2 fully saturated rings. The highest BCUT2D eigenvalue weighted by Gasteiger charge is 2.61. The van der Waals surface area contributed by atoms with Gasteiger partial charge in [0.05, 0.1) is 6.33 Å². The summed E-state index contributed by atoms with van der Waals surface area (Å²) in [6, 6.07) is 0. The van der Waals surface area contributed by atoms with Gasteiger partial charge in [-0.1, -0.05) is 20.8 Å². The van der Waals surface area contributed by atoms with Crippen molar-refractivity contribution in [3.63, 3.8) is 0 Å². The molecule has 2 aliphatic rings. The van der Waals surface area contributed by atoms with Gasteiger partial charge in [0.15, 0.2) is 0 Å². The van der Waals surface area contributed by atoms with E-state index in [4.69, 9.17) is 0 Å². The van der Waals surface area contributed by atoms with Gasteiger partial charge in [0.1, 0.15) is 5.78 Å². The number of nitrogens with zero attached hydrogens (tertiary/aromatic N) is 1. The zero-order valence-electron chi connectivity index (χ0n) is 12.4. The Morgan fingerprint density at radius 3 is 2.00 bits per heavy atom. The van der Waals surface area contributed by atoms with E-state index in [1.165, 1.54) is 6.42 Å². The smallest absolute Gasteiger partial charge is 0.418 e. The van der Waals surface area contributed by atoms with Crippen LogP contribution in [-0.2, 0) is 4.79 Å². The van der Waals surface area contributed by atoms with Crippen molar-refractivity contribution in [2.24, 2.45) is 16.7 Å². The van der Waals surface area contributed by atoms with Crippen molar-refractivity contribution in [1.29, 1.82) is 0 Å². The van der Waals surface area contributed by atoms with Gasteiger partial charge in [-0.25, -0.2) is 4.98 Å². The molecule has 2 bridgehead atoms. The second kappa shape index (κ2) is 6.19. The maximum Gasteiger partial charge on any atom is 0.673 e. The second-order valence-electron chi connectivity index (χ2n) is 6.17. The van der Waals surface area contributed by atoms with E-state index in [0.29, 0.717) is 11.7 Å². The first-order chi connectivity index (χ1) is 9.48. The maximum absolute atomic E-state index is 11.6. The van der Waals surface area contributed by atoms with E-state index in [9.17, 15) is 22.1 Å². The lowest BCUT2D eigenvalue weighted by Gasteiger charge is -2.32. The SMILES string of the molecule is CC12CCC(CC1=O)C2(C)C.F[B-](F)(F)F.c1c[nH]cn1. The average Bonchev–Trinajstić information content (AvgIpc) is 2.97. The lowest BCUT2D eigenvalue weighted by Crippen LogP contribution is -2.32. The molecule has 0 aromatic carbocycles. The quantitative estimate of drug-likeness (QED) is 0.579. The molecule has 1 aromatic heterocycles. The molecule has 2 saturated carbocycles. The predicted octanol–water partition coefficient (Wildman–Crippen LogP) is 4.11. The second-order valence-corrected chi connectivity index (χ2v) is 6.17. The minimum absolute atomic E-state index is 0.0255. The Kier molecular flexibility index (Phi) is 5.23. The fourth-order valence-electron chi connectivity index (χ4n) is 3.12. The topological polar surface area (TPSA) is 45.8 Å². The van der Waals surface area contributed by atoms with Crippen LogP contribution >= 0.6 is 0 Å². The summed E-state index contributed by atoms with van der Waals surface area (Å²) in [5.41, 5.74) is 0.307. The third kappa shape index (κ3) is 4.31. The van der Waals surface area contributed by atoms with Crippen LogP contribution in [0.1, 0.15) is 40.0 Å². The van der Waals surface area contributed by atoms with Crippen molar-refractivity contribution < 1.29 is 22.1 Å². The number of Topliss-reactive ketones (excluding diaryl/α,β-unsaturated/α-hetero) is 1. The zero-order valence-corrected chi connectivity index (χ0v) is 12.4. The highest BCUT2D eigenvalue weighted by atomic mass is 19.5. The van der Waals surface area contributed by atoms with Crippen molar-refractivity contribution in [1.82, 2.24) is 9.97 Å². The number of aromatic amines is 1. The molecule has 3 rings (SSSR count). The molecule has 8 heteroatoms. The number of aromatic nitrogens is 2. The molecule has 2 atom stereocenters. The van der Waals surface area contributed by atoms with E-state index in [-0.39, 0.29) is 10.8 Å². The number of nitrogens with one attached hydrogen (secondary N) is 1. The average molecular weight is 307 g/mol. The first-order valence-electron chi connectivity index (χ1n) is 6.82. The molecule has 3 nitrogen and oxygen atoms in total. The Hall–Kier alpha value is -1.34. The van der Waals surface area contributed by atoms with E-state index in [1.54, 1.807) is 18.7 Å². The monoisotopic (exact) mass is 307 g/mol. The number of carbonyl (C=O) groups is 1. The summed E-state index contributed by atoms with van der Waals surface area (Å²) in [4.78, 5) is 18.0. The Bertz CT molecular complexity index is 438. The molecule has 1 N–H and O–H groups in total. The number of imidazole rings is 1. The largest absolute Gasteiger partial charge is 0.673 e. The van der Waals surface area contributed by atoms with Gasteiger partial charge in [0.25, 0.3) is 0 Å². The van der Waals surface area contributed by atoms with Crippen molar-refractivity contribution >= 4 is 13.0 Å². The summed E-state index contributed by atoms with van der Waals surface area (Å²) < 4.78 is 39.0. The number of ketones is 1. The standard InChI is InChI=1S/C10H16O.C3H4N2.BF4/c1-9(2)7-4-5-10(9,3)8(11)6-7;1-2-5-3-4-1;2-1(3,4)5/h7H,4-6H2,1-3H3;1-3H,(H,4,5);/q;;-1. The summed E-state index contributed by atoms with van der Waals surface area (Å²) in [5, 5.41) is 0. The van der Waals surface area contributed by atoms with Gasteiger partial charge in [-0.15, -0.1) is 0 Å². The fraction of sp³-hybridized carbons (Fsp3) is 0.692. The first kappa shape index (κ1) is 17.7. The molecule has 0 radical (unpaired) electrons. The van der Waals surface area contributed by atoms with Crippen molar-refractivity contribution in [2.45, 2.75) is 40.0 Å². The summed E-state index contributed by atoms with van der Waals surface area (Å²) in [6.07, 6.45) is 8.34. The van der Waals surface area contributed by atoms with Crippen LogP contribution in [0.25, 0.3) is 0 Å². The molecule has 2 unspecified atom stereocenters. The van der Waals surface area contributed by atoms with Crippen LogP contribution in [0.15, 0.2) is 18.7 Å². The Labute approximate surface area is 121 Å². The number of halogens is 4. The highest BCUT2D eigenvalue weighted by Crippen LogP contribution is 2.63. The van der Waals surface area contributed by atoms with E-state index in [0.717, 1.165) is 12.8 Å². The third-order valence-electron chi connectivity index (χ3n) is 4.89. The molecule has 1 heterocycles. The summed E-state index contributed by atoms with van der Waals surface area (Å²) >= 11 is 0. The molecule has 0 spiro atoms. The van der Waals surface area contributed by atoms with E-state index >= 15 is 0 Å². The Morgan fingerprint density at radius 2 is 1.86 bits per heavy atom. The van der Waals surface area contributed by atoms with Gasteiger partial charge in [-0.3, -0.25) is 4.79 Å². The van der Waals surface area contributed by atoms with Crippen LogP contribution in [-0.4, -0.2) is 23.0 Å². The third-order valence-corrected chi connectivity index (χ3v) is 4.89. The van der Waals surface area contributed by atoms with Crippen LogP contribution in [0, 0.1) is 16.7 Å². The predicted molar refractivity (Wildman–Crippen MR) is 73.0 cm³/mol. The number of H-pyrrole nitrogens is 1. The van der Waals surface area contributed by atoms with Gasteiger partial charge in [-0.05, 0) is 24.2 Å². The highest BCUT2D eigenvalue weighted by molar-refractivity contribution is 6.50. The van der Waals surface area contributed by atoms with E-state index in [2.05, 4.69) is 30.7 Å². The Balaban J connectivity index is 0.000000185. The minimum atomic E-state index is -6.00. The number of rotatable bonds is 0. The molecule has 2 aliphatic carbocycles. The molecule has 0 amide bonds. The molecular formula is C13H20BF4N2O-. The van der Waals surface area contributed by atoms with Crippen LogP contribution < -0.4 is 0 Å². The lowest BCUT2D eigenvalue weighted by atomic mass is 9.70. The molecule has 21 heavy (non-hydrogen) atoms. The maximum atomic E-state index is 11.6. The zero-order chi connectivity index (χ0) is 16.3. The van der Waals surface area contributed by atoms with Crippen LogP contribution in [0.3, 0.4) is 0 Å². The van der Waals surface area contributed by atoms with Gasteiger partial charge < -0.3 is 22.2 Å². The van der Waals surface area contributed by atoms with Crippen molar-refractivity contribution in [3.05, 3.63) is 18.7 Å². The van der Waals surface area contributed by atoms with Crippen LogP contribution in [0.5, 0.6) is 0 Å². The van der Waals surface area contributed by atoms with Crippen LogP contribution in [0.4, 0.5) is 17.3 Å². The van der Waals surface area contributed by atoms with Crippen molar-refractivity contribution in [3.8, 4) is 0 Å². The summed E-state index contributed by atoms with van der Waals surface area (Å²) in [5.74, 6) is 1.19. The fourth-order valence-corrected chi connectivity index (χ4v) is 3.12. The number of fused-ring (bicyclic) bond motifs is 2. The lowest BCUT2D eigenvalue weighted by molar-refractivity contribution is -0.128. The number of hydrogen-bond donors (Lipinski definition) is 1. The van der Waals surface area contributed by atoms with Gasteiger partial charge in [0, 0.05) is 24.2 Å². The molecule has 0 saturated heterocycles. The van der Waals surface area contributed by atoms with E-state index < -0.39 is 7.25 Å². The van der Waals surface area contributed by atoms with E-state index in [1.807, 2.05) is 0 Å². The number of hydrogen-bond acceptors (Lipinski definition) is 2. The minimum Gasteiger partial charge on any atom is -0.418 e.